The fourth-order valence-electron chi connectivity index (χ4n) is 2.81. The first-order valence-electron chi connectivity index (χ1n) is 9.08. The van der Waals surface area contributed by atoms with Gasteiger partial charge in [0.1, 0.15) is 5.69 Å². The number of hydrogen-bond acceptors (Lipinski definition) is 6. The minimum absolute atomic E-state index is 0.158. The zero-order valence-electron chi connectivity index (χ0n) is 16.0. The Kier molecular flexibility index (Phi) is 6.06. The number of amides is 1. The molecule has 30 heavy (non-hydrogen) atoms. The van der Waals surface area contributed by atoms with Crippen LogP contribution in [0.15, 0.2) is 72.3 Å². The quantitative estimate of drug-likeness (QED) is 0.450. The number of anilines is 1. The molecule has 150 valence electrons. The Morgan fingerprint density at radius 1 is 1.10 bits per heavy atom. The molecule has 0 bridgehead atoms. The second-order valence-corrected chi connectivity index (χ2v) is 7.67. The Balaban J connectivity index is 1.58. The first-order valence-corrected chi connectivity index (χ1v) is 10.4. The predicted molar refractivity (Wildman–Crippen MR) is 118 cm³/mol. The number of carbonyl (C=O) groups is 1. The first kappa shape index (κ1) is 20.1. The van der Waals surface area contributed by atoms with E-state index in [0.717, 1.165) is 11.3 Å². The molecule has 7 nitrogen and oxygen atoms in total. The first-order chi connectivity index (χ1) is 14.6. The average Bonchev–Trinajstić information content (AvgIpc) is 3.21. The van der Waals surface area contributed by atoms with Crippen LogP contribution in [0.25, 0.3) is 17.2 Å². The van der Waals surface area contributed by atoms with Crippen molar-refractivity contribution in [3.63, 3.8) is 0 Å². The van der Waals surface area contributed by atoms with Gasteiger partial charge >= 0.3 is 0 Å². The SMILES string of the molecule is Cc1c(Cl)cccc1NC(=O)CSc1nnc(-c2cnccn2)n1-c1ccccc1. The molecule has 0 fully saturated rings. The maximum Gasteiger partial charge on any atom is 0.234 e. The van der Waals surface area contributed by atoms with Crippen molar-refractivity contribution in [3.05, 3.63) is 77.7 Å². The van der Waals surface area contributed by atoms with Crippen molar-refractivity contribution >= 4 is 35.0 Å². The molecular formula is C21H17ClN6OS. The molecule has 4 rings (SSSR count). The van der Waals surface area contributed by atoms with Crippen molar-refractivity contribution < 1.29 is 4.79 Å². The third kappa shape index (κ3) is 4.34. The largest absolute Gasteiger partial charge is 0.325 e. The van der Waals surface area contributed by atoms with Gasteiger partial charge in [-0.2, -0.15) is 0 Å². The Bertz CT molecular complexity index is 1170. The van der Waals surface area contributed by atoms with E-state index in [0.29, 0.717) is 27.4 Å². The van der Waals surface area contributed by atoms with Gasteiger partial charge in [-0.3, -0.25) is 14.3 Å². The Labute approximate surface area is 182 Å². The summed E-state index contributed by atoms with van der Waals surface area (Å²) >= 11 is 7.42. The number of rotatable bonds is 6. The van der Waals surface area contributed by atoms with Gasteiger partial charge in [0.15, 0.2) is 11.0 Å². The maximum absolute atomic E-state index is 12.5. The molecule has 1 amide bonds. The fraction of sp³-hybridized carbons (Fsp3) is 0.0952. The molecule has 2 aromatic carbocycles. The van der Waals surface area contributed by atoms with Crippen LogP contribution in [0.1, 0.15) is 5.56 Å². The van der Waals surface area contributed by atoms with Gasteiger partial charge in [-0.15, -0.1) is 10.2 Å². The van der Waals surface area contributed by atoms with E-state index in [2.05, 4.69) is 25.5 Å². The number of para-hydroxylation sites is 1. The Morgan fingerprint density at radius 3 is 2.70 bits per heavy atom. The Hall–Kier alpha value is -3.23. The van der Waals surface area contributed by atoms with Gasteiger partial charge < -0.3 is 5.32 Å². The van der Waals surface area contributed by atoms with Crippen LogP contribution in [0, 0.1) is 6.92 Å². The van der Waals surface area contributed by atoms with Crippen LogP contribution in [0.4, 0.5) is 5.69 Å². The number of aromatic nitrogens is 5. The number of benzene rings is 2. The van der Waals surface area contributed by atoms with E-state index in [1.807, 2.05) is 47.9 Å². The van der Waals surface area contributed by atoms with Crippen LogP contribution in [-0.2, 0) is 4.79 Å². The maximum atomic E-state index is 12.5. The van der Waals surface area contributed by atoms with Crippen LogP contribution in [0.3, 0.4) is 0 Å². The van der Waals surface area contributed by atoms with Gasteiger partial charge in [0.25, 0.3) is 0 Å². The molecule has 1 N–H and O–H groups in total. The lowest BCUT2D eigenvalue weighted by Crippen LogP contribution is -2.15. The average molecular weight is 437 g/mol. The highest BCUT2D eigenvalue weighted by molar-refractivity contribution is 7.99. The molecule has 2 aromatic heterocycles. The van der Waals surface area contributed by atoms with Gasteiger partial charge in [-0.05, 0) is 36.8 Å². The van der Waals surface area contributed by atoms with E-state index < -0.39 is 0 Å². The third-order valence-corrected chi connectivity index (χ3v) is 5.65. The lowest BCUT2D eigenvalue weighted by molar-refractivity contribution is -0.113. The minimum Gasteiger partial charge on any atom is -0.325 e. The van der Waals surface area contributed by atoms with Gasteiger partial charge in [-0.1, -0.05) is 47.6 Å². The summed E-state index contributed by atoms with van der Waals surface area (Å²) < 4.78 is 1.87. The summed E-state index contributed by atoms with van der Waals surface area (Å²) in [6, 6.07) is 15.1. The molecule has 0 aliphatic carbocycles. The molecule has 0 aliphatic rings. The van der Waals surface area contributed by atoms with Crippen molar-refractivity contribution in [2.24, 2.45) is 0 Å². The molecule has 2 heterocycles. The molecule has 0 saturated heterocycles. The van der Waals surface area contributed by atoms with E-state index in [-0.39, 0.29) is 11.7 Å². The van der Waals surface area contributed by atoms with Crippen molar-refractivity contribution in [1.82, 2.24) is 24.7 Å². The molecule has 0 radical (unpaired) electrons. The van der Waals surface area contributed by atoms with Crippen LogP contribution in [-0.4, -0.2) is 36.4 Å². The summed E-state index contributed by atoms with van der Waals surface area (Å²) in [7, 11) is 0. The smallest absolute Gasteiger partial charge is 0.234 e. The Morgan fingerprint density at radius 2 is 1.93 bits per heavy atom. The van der Waals surface area contributed by atoms with Gasteiger partial charge in [-0.25, -0.2) is 4.98 Å². The lowest BCUT2D eigenvalue weighted by Gasteiger charge is -2.11. The second kappa shape index (κ2) is 9.06. The summed E-state index contributed by atoms with van der Waals surface area (Å²) in [4.78, 5) is 21.0. The molecule has 0 atom stereocenters. The van der Waals surface area contributed by atoms with Crippen molar-refractivity contribution in [3.8, 4) is 17.2 Å². The van der Waals surface area contributed by atoms with Gasteiger partial charge in [0, 0.05) is 28.8 Å². The predicted octanol–water partition coefficient (Wildman–Crippen LogP) is 4.42. The van der Waals surface area contributed by atoms with E-state index in [9.17, 15) is 4.79 Å². The van der Waals surface area contributed by atoms with E-state index in [1.54, 1.807) is 30.7 Å². The minimum atomic E-state index is -0.158. The molecule has 9 heteroatoms. The van der Waals surface area contributed by atoms with Crippen LogP contribution in [0.2, 0.25) is 5.02 Å². The van der Waals surface area contributed by atoms with Gasteiger partial charge in [0.05, 0.1) is 11.9 Å². The molecular weight excluding hydrogens is 420 g/mol. The highest BCUT2D eigenvalue weighted by Crippen LogP contribution is 2.27. The second-order valence-electron chi connectivity index (χ2n) is 6.32. The summed E-state index contributed by atoms with van der Waals surface area (Å²) in [6.07, 6.45) is 4.84. The number of thioether (sulfide) groups is 1. The van der Waals surface area contributed by atoms with E-state index in [4.69, 9.17) is 11.6 Å². The molecule has 0 saturated carbocycles. The third-order valence-electron chi connectivity index (χ3n) is 4.31. The summed E-state index contributed by atoms with van der Waals surface area (Å²) in [5, 5.41) is 12.7. The molecule has 4 aromatic rings. The summed E-state index contributed by atoms with van der Waals surface area (Å²) in [5.41, 5.74) is 2.99. The van der Waals surface area contributed by atoms with Crippen molar-refractivity contribution in [2.75, 3.05) is 11.1 Å². The normalized spacial score (nSPS) is 10.7. The van der Waals surface area contributed by atoms with E-state index >= 15 is 0 Å². The zero-order chi connectivity index (χ0) is 20.9. The standard InChI is InChI=1S/C21H17ClN6OS/c1-14-16(22)8-5-9-17(14)25-19(29)13-30-21-27-26-20(18-12-23-10-11-24-18)28(21)15-6-3-2-4-7-15/h2-12H,13H2,1H3,(H,25,29). The van der Waals surface area contributed by atoms with Crippen LogP contribution < -0.4 is 5.32 Å². The monoisotopic (exact) mass is 436 g/mol. The van der Waals surface area contributed by atoms with Crippen molar-refractivity contribution in [1.29, 1.82) is 0 Å². The summed E-state index contributed by atoms with van der Waals surface area (Å²) in [6.45, 7) is 1.87. The highest BCUT2D eigenvalue weighted by Gasteiger charge is 2.18. The van der Waals surface area contributed by atoms with Gasteiger partial charge in [0.2, 0.25) is 5.91 Å². The topological polar surface area (TPSA) is 85.6 Å². The number of hydrogen-bond donors (Lipinski definition) is 1. The number of nitrogens with zero attached hydrogens (tertiary/aromatic N) is 5. The highest BCUT2D eigenvalue weighted by atomic mass is 35.5. The van der Waals surface area contributed by atoms with Crippen LogP contribution >= 0.6 is 23.4 Å². The van der Waals surface area contributed by atoms with Crippen LogP contribution in [0.5, 0.6) is 0 Å². The number of halogens is 1. The molecule has 0 spiro atoms. The molecule has 0 aliphatic heterocycles. The number of nitrogens with one attached hydrogen (secondary N) is 1. The fourth-order valence-corrected chi connectivity index (χ4v) is 3.74. The number of carbonyl (C=O) groups excluding carboxylic acids is 1. The van der Waals surface area contributed by atoms with E-state index in [1.165, 1.54) is 11.8 Å². The zero-order valence-corrected chi connectivity index (χ0v) is 17.6. The lowest BCUT2D eigenvalue weighted by atomic mass is 10.2. The molecule has 0 unspecified atom stereocenters. The van der Waals surface area contributed by atoms with Crippen molar-refractivity contribution in [2.45, 2.75) is 12.1 Å². The summed E-state index contributed by atoms with van der Waals surface area (Å²) in [5.74, 6) is 0.564.